The summed E-state index contributed by atoms with van der Waals surface area (Å²) in [5, 5.41) is 3.44. The van der Waals surface area contributed by atoms with Crippen LogP contribution in [0.2, 0.25) is 0 Å². The Morgan fingerprint density at radius 2 is 1.68 bits per heavy atom. The molecular formula is C22H34ClN3O2. The zero-order valence-electron chi connectivity index (χ0n) is 17.2. The number of benzene rings is 1. The van der Waals surface area contributed by atoms with Gasteiger partial charge in [-0.2, -0.15) is 0 Å². The Morgan fingerprint density at radius 1 is 1.07 bits per heavy atom. The Balaban J connectivity index is 0.00000280. The van der Waals surface area contributed by atoms with Crippen molar-refractivity contribution in [1.29, 1.82) is 0 Å². The standard InChI is InChI=1S/C22H33N3O2.ClH/c1-17-5-7-19(8-6-17)15-22(27)25-12-10-24(11-13-25)21(26)14-18(2)20-4-3-9-23-16-20;/h5-8,18,20,23H,3-4,9-16H2,1-2H3;1H. The molecule has 0 saturated carbocycles. The van der Waals surface area contributed by atoms with Crippen LogP contribution in [0.3, 0.4) is 0 Å². The number of rotatable bonds is 5. The van der Waals surface area contributed by atoms with Gasteiger partial charge in [0, 0.05) is 32.6 Å². The summed E-state index contributed by atoms with van der Waals surface area (Å²) in [6, 6.07) is 8.13. The lowest BCUT2D eigenvalue weighted by Gasteiger charge is -2.36. The fourth-order valence-corrected chi connectivity index (χ4v) is 4.13. The predicted molar refractivity (Wildman–Crippen MR) is 115 cm³/mol. The molecule has 2 saturated heterocycles. The summed E-state index contributed by atoms with van der Waals surface area (Å²) >= 11 is 0. The van der Waals surface area contributed by atoms with Crippen LogP contribution in [0.1, 0.15) is 37.3 Å². The van der Waals surface area contributed by atoms with E-state index in [1.807, 2.05) is 41.0 Å². The maximum Gasteiger partial charge on any atom is 0.227 e. The zero-order valence-corrected chi connectivity index (χ0v) is 18.0. The number of carbonyl (C=O) groups excluding carboxylic acids is 2. The van der Waals surface area contributed by atoms with Crippen LogP contribution in [0, 0.1) is 18.8 Å². The molecule has 2 fully saturated rings. The third-order valence-corrected chi connectivity index (χ3v) is 6.10. The van der Waals surface area contributed by atoms with E-state index in [1.54, 1.807) is 0 Å². The lowest BCUT2D eigenvalue weighted by atomic mass is 9.85. The Bertz CT molecular complexity index is 636. The lowest BCUT2D eigenvalue weighted by Crippen LogP contribution is -2.51. The van der Waals surface area contributed by atoms with Gasteiger partial charge in [-0.25, -0.2) is 0 Å². The second kappa shape index (κ2) is 10.8. The van der Waals surface area contributed by atoms with Crippen LogP contribution in [0.15, 0.2) is 24.3 Å². The van der Waals surface area contributed by atoms with Crippen molar-refractivity contribution >= 4 is 24.2 Å². The van der Waals surface area contributed by atoms with Crippen LogP contribution >= 0.6 is 12.4 Å². The van der Waals surface area contributed by atoms with Crippen molar-refractivity contribution in [3.05, 3.63) is 35.4 Å². The fourth-order valence-electron chi connectivity index (χ4n) is 4.13. The highest BCUT2D eigenvalue weighted by molar-refractivity contribution is 5.85. The first-order valence-electron chi connectivity index (χ1n) is 10.3. The van der Waals surface area contributed by atoms with E-state index < -0.39 is 0 Å². The molecule has 3 rings (SSSR count). The predicted octanol–water partition coefficient (Wildman–Crippen LogP) is 2.66. The second-order valence-corrected chi connectivity index (χ2v) is 8.21. The van der Waals surface area contributed by atoms with Crippen LogP contribution in [-0.4, -0.2) is 60.9 Å². The highest BCUT2D eigenvalue weighted by Gasteiger charge is 2.27. The number of carbonyl (C=O) groups is 2. The highest BCUT2D eigenvalue weighted by atomic mass is 35.5. The SMILES string of the molecule is Cc1ccc(CC(=O)N2CCN(C(=O)CC(C)C3CCCNC3)CC2)cc1.Cl. The van der Waals surface area contributed by atoms with E-state index in [2.05, 4.69) is 12.2 Å². The maximum atomic E-state index is 12.7. The minimum atomic E-state index is 0. The number of halogens is 1. The number of aryl methyl sites for hydroxylation is 1. The van der Waals surface area contributed by atoms with Crippen LogP contribution < -0.4 is 5.32 Å². The number of nitrogens with one attached hydrogen (secondary N) is 1. The normalized spacial score (nSPS) is 21.0. The highest BCUT2D eigenvalue weighted by Crippen LogP contribution is 2.23. The number of amides is 2. The third-order valence-electron chi connectivity index (χ3n) is 6.10. The van der Waals surface area contributed by atoms with Gasteiger partial charge < -0.3 is 15.1 Å². The monoisotopic (exact) mass is 407 g/mol. The van der Waals surface area contributed by atoms with Crippen LogP contribution in [0.4, 0.5) is 0 Å². The van der Waals surface area contributed by atoms with Gasteiger partial charge in [-0.05, 0) is 50.3 Å². The molecule has 0 spiro atoms. The van der Waals surface area contributed by atoms with Crippen molar-refractivity contribution in [3.8, 4) is 0 Å². The number of piperazine rings is 1. The van der Waals surface area contributed by atoms with E-state index in [9.17, 15) is 9.59 Å². The van der Waals surface area contributed by atoms with Crippen molar-refractivity contribution in [3.63, 3.8) is 0 Å². The maximum absolute atomic E-state index is 12.7. The molecule has 0 aromatic heterocycles. The molecular weight excluding hydrogens is 374 g/mol. The first kappa shape index (κ1) is 22.7. The first-order valence-corrected chi connectivity index (χ1v) is 10.3. The van der Waals surface area contributed by atoms with Gasteiger partial charge in [0.1, 0.15) is 0 Å². The van der Waals surface area contributed by atoms with Crippen molar-refractivity contribution in [1.82, 2.24) is 15.1 Å². The first-order chi connectivity index (χ1) is 13.0. The summed E-state index contributed by atoms with van der Waals surface area (Å²) < 4.78 is 0. The molecule has 6 heteroatoms. The van der Waals surface area contributed by atoms with E-state index in [-0.39, 0.29) is 24.2 Å². The Kier molecular flexibility index (Phi) is 8.77. The van der Waals surface area contributed by atoms with E-state index in [0.29, 0.717) is 50.9 Å². The van der Waals surface area contributed by atoms with E-state index in [4.69, 9.17) is 0 Å². The van der Waals surface area contributed by atoms with Crippen LogP contribution in [0.5, 0.6) is 0 Å². The molecule has 1 aromatic rings. The summed E-state index contributed by atoms with van der Waals surface area (Å²) in [6.45, 7) is 9.02. The van der Waals surface area contributed by atoms with Gasteiger partial charge in [-0.3, -0.25) is 9.59 Å². The molecule has 2 heterocycles. The van der Waals surface area contributed by atoms with Gasteiger partial charge in [0.2, 0.25) is 11.8 Å². The molecule has 1 N–H and O–H groups in total. The summed E-state index contributed by atoms with van der Waals surface area (Å²) in [5.74, 6) is 1.44. The summed E-state index contributed by atoms with van der Waals surface area (Å²) in [4.78, 5) is 29.0. The lowest BCUT2D eigenvalue weighted by molar-refractivity contribution is -0.140. The van der Waals surface area contributed by atoms with Crippen LogP contribution in [0.25, 0.3) is 0 Å². The molecule has 0 aliphatic carbocycles. The molecule has 2 unspecified atom stereocenters. The van der Waals surface area contributed by atoms with Gasteiger partial charge in [0.05, 0.1) is 6.42 Å². The molecule has 0 radical (unpaired) electrons. The Morgan fingerprint density at radius 3 is 2.25 bits per heavy atom. The number of piperidine rings is 1. The minimum absolute atomic E-state index is 0. The molecule has 2 amide bonds. The summed E-state index contributed by atoms with van der Waals surface area (Å²) in [6.07, 6.45) is 3.51. The van der Waals surface area contributed by atoms with Gasteiger partial charge in [-0.15, -0.1) is 12.4 Å². The number of hydrogen-bond donors (Lipinski definition) is 1. The van der Waals surface area contributed by atoms with Gasteiger partial charge in [0.15, 0.2) is 0 Å². The molecule has 5 nitrogen and oxygen atoms in total. The largest absolute Gasteiger partial charge is 0.339 e. The molecule has 2 aliphatic rings. The zero-order chi connectivity index (χ0) is 19.2. The third kappa shape index (κ3) is 6.21. The molecule has 0 bridgehead atoms. The Labute approximate surface area is 175 Å². The van der Waals surface area contributed by atoms with Crippen molar-refractivity contribution in [2.24, 2.45) is 11.8 Å². The quantitative estimate of drug-likeness (QED) is 0.816. The van der Waals surface area contributed by atoms with Gasteiger partial charge in [0.25, 0.3) is 0 Å². The topological polar surface area (TPSA) is 52.7 Å². The average Bonchev–Trinajstić information content (AvgIpc) is 2.70. The van der Waals surface area contributed by atoms with Crippen LogP contribution in [-0.2, 0) is 16.0 Å². The fraction of sp³-hybridized carbons (Fsp3) is 0.636. The second-order valence-electron chi connectivity index (χ2n) is 8.21. The van der Waals surface area contributed by atoms with Crippen molar-refractivity contribution < 1.29 is 9.59 Å². The molecule has 2 aliphatic heterocycles. The summed E-state index contributed by atoms with van der Waals surface area (Å²) in [5.41, 5.74) is 2.26. The minimum Gasteiger partial charge on any atom is -0.339 e. The average molecular weight is 408 g/mol. The van der Waals surface area contributed by atoms with Crippen molar-refractivity contribution in [2.75, 3.05) is 39.3 Å². The molecule has 156 valence electrons. The van der Waals surface area contributed by atoms with Gasteiger partial charge >= 0.3 is 0 Å². The number of nitrogens with zero attached hydrogens (tertiary/aromatic N) is 2. The number of hydrogen-bond acceptors (Lipinski definition) is 3. The molecule has 2 atom stereocenters. The van der Waals surface area contributed by atoms with E-state index in [0.717, 1.165) is 18.7 Å². The van der Waals surface area contributed by atoms with Gasteiger partial charge in [-0.1, -0.05) is 36.8 Å². The molecule has 1 aromatic carbocycles. The van der Waals surface area contributed by atoms with E-state index in [1.165, 1.54) is 18.4 Å². The Hall–Kier alpha value is -1.59. The molecule has 28 heavy (non-hydrogen) atoms. The summed E-state index contributed by atoms with van der Waals surface area (Å²) in [7, 11) is 0. The van der Waals surface area contributed by atoms with Crippen molar-refractivity contribution in [2.45, 2.75) is 39.5 Å². The smallest absolute Gasteiger partial charge is 0.227 e. The van der Waals surface area contributed by atoms with E-state index >= 15 is 0 Å².